The van der Waals surface area contributed by atoms with Crippen molar-refractivity contribution < 1.29 is 13.9 Å². The van der Waals surface area contributed by atoms with E-state index in [9.17, 15) is 9.18 Å². The summed E-state index contributed by atoms with van der Waals surface area (Å²) in [6.45, 7) is 12.1. The lowest BCUT2D eigenvalue weighted by Gasteiger charge is -2.32. The molecule has 1 aromatic carbocycles. The number of likely N-dealkylation sites (tertiary alicyclic amines) is 1. The molecule has 3 heterocycles. The van der Waals surface area contributed by atoms with Crippen LogP contribution in [0.4, 0.5) is 4.39 Å². The number of halogens is 3. The number of carbonyl (C=O) groups is 1. The predicted molar refractivity (Wildman–Crippen MR) is 172 cm³/mol. The first-order valence-electron chi connectivity index (χ1n) is 14.5. The molecule has 1 atom stereocenters. The fourth-order valence-corrected chi connectivity index (χ4v) is 5.83. The normalized spacial score (nSPS) is 19.7. The molecule has 0 spiro atoms. The highest BCUT2D eigenvalue weighted by molar-refractivity contribution is 6.35. The van der Waals surface area contributed by atoms with Gasteiger partial charge in [-0.2, -0.15) is 0 Å². The number of hydrogen-bond acceptors (Lipinski definition) is 6. The number of likely N-dealkylation sites (N-methyl/N-ethyl adjacent to an activating group) is 1. The third-order valence-corrected chi connectivity index (χ3v) is 7.94. The minimum absolute atomic E-state index is 0.00980. The van der Waals surface area contributed by atoms with Gasteiger partial charge in [-0.1, -0.05) is 23.2 Å². The number of amides is 1. The Kier molecular flexibility index (Phi) is 11.9. The zero-order chi connectivity index (χ0) is 30.9. The number of alkyl halides is 1. The predicted octanol–water partition coefficient (Wildman–Crippen LogP) is 5.29. The summed E-state index contributed by atoms with van der Waals surface area (Å²) < 4.78 is 20.5. The number of piperidine rings is 1. The van der Waals surface area contributed by atoms with Crippen LogP contribution in [0.25, 0.3) is 11.3 Å². The largest absolute Gasteiger partial charge is 0.442 e. The minimum Gasteiger partial charge on any atom is -0.442 e. The highest BCUT2D eigenvalue weighted by atomic mass is 35.5. The summed E-state index contributed by atoms with van der Waals surface area (Å²) in [5.41, 5.74) is 2.50. The molecule has 4 rings (SSSR count). The smallest absolute Gasteiger partial charge is 0.224 e. The number of pyridine rings is 1. The molecule has 2 fully saturated rings. The van der Waals surface area contributed by atoms with Crippen LogP contribution >= 0.6 is 23.2 Å². The number of ether oxygens (including phenoxy) is 1. The summed E-state index contributed by atoms with van der Waals surface area (Å²) in [6, 6.07) is 9.28. The van der Waals surface area contributed by atoms with E-state index in [1.54, 1.807) is 31.0 Å². The number of hydrogen-bond donors (Lipinski definition) is 1. The van der Waals surface area contributed by atoms with Gasteiger partial charge in [0.2, 0.25) is 17.7 Å². The molecule has 0 bridgehead atoms. The van der Waals surface area contributed by atoms with Crippen LogP contribution in [-0.2, 0) is 11.3 Å². The van der Waals surface area contributed by atoms with Crippen LogP contribution in [0.15, 0.2) is 52.3 Å². The van der Waals surface area contributed by atoms with Crippen molar-refractivity contribution in [2.75, 3.05) is 52.9 Å². The molecule has 0 aliphatic carbocycles. The molecule has 12 heteroatoms. The maximum absolute atomic E-state index is 14.4. The zero-order valence-corrected chi connectivity index (χ0v) is 26.5. The Morgan fingerprint density at radius 2 is 1.84 bits per heavy atom. The van der Waals surface area contributed by atoms with E-state index >= 15 is 0 Å². The van der Waals surface area contributed by atoms with Gasteiger partial charge >= 0.3 is 0 Å². The standard InChI is InChI=1S/C31H40Cl2FN7O2/c1-21(16-37-31(35-3)41-10-9-39(4)19-28(34)20-41)43-30-12-24(11-29(38-30)25-13-26(32)15-27(33)14-25)18-40-7-5-23(6-8-40)17-36-22(2)42/h11-16,23,28H,3,5-10,17-20H2,1-2,4H3,(H,36,42)/b21-16+,37-31?. The monoisotopic (exact) mass is 631 g/mol. The minimum atomic E-state index is -1.01. The lowest BCUT2D eigenvalue weighted by atomic mass is 9.96. The zero-order valence-electron chi connectivity index (χ0n) is 25.0. The van der Waals surface area contributed by atoms with Crippen LogP contribution in [0.2, 0.25) is 10.0 Å². The molecule has 2 aliphatic heterocycles. The maximum Gasteiger partial charge on any atom is 0.224 e. The summed E-state index contributed by atoms with van der Waals surface area (Å²) >= 11 is 12.6. The van der Waals surface area contributed by atoms with Crippen LogP contribution < -0.4 is 10.1 Å². The van der Waals surface area contributed by atoms with E-state index in [4.69, 9.17) is 32.9 Å². The number of rotatable bonds is 8. The number of aliphatic imine (C=N–C) groups is 2. The van der Waals surface area contributed by atoms with E-state index in [-0.39, 0.29) is 12.5 Å². The molecule has 2 aliphatic rings. The Morgan fingerprint density at radius 3 is 2.51 bits per heavy atom. The van der Waals surface area contributed by atoms with E-state index in [0.717, 1.165) is 43.6 Å². The lowest BCUT2D eigenvalue weighted by Crippen LogP contribution is -2.37. The Bertz CT molecular complexity index is 1330. The van der Waals surface area contributed by atoms with Gasteiger partial charge in [0, 0.05) is 61.3 Å². The molecule has 1 aromatic heterocycles. The molecule has 1 amide bonds. The molecule has 43 heavy (non-hydrogen) atoms. The number of aromatic nitrogens is 1. The molecule has 9 nitrogen and oxygen atoms in total. The van der Waals surface area contributed by atoms with Crippen molar-refractivity contribution in [3.63, 3.8) is 0 Å². The molecule has 2 saturated heterocycles. The molecular weight excluding hydrogens is 592 g/mol. The van der Waals surface area contributed by atoms with Crippen molar-refractivity contribution in [2.45, 2.75) is 39.4 Å². The van der Waals surface area contributed by atoms with Crippen molar-refractivity contribution in [3.8, 4) is 17.1 Å². The molecule has 2 aromatic rings. The first-order chi connectivity index (χ1) is 20.6. The summed E-state index contributed by atoms with van der Waals surface area (Å²) in [4.78, 5) is 30.7. The van der Waals surface area contributed by atoms with Crippen LogP contribution in [0.1, 0.15) is 32.3 Å². The van der Waals surface area contributed by atoms with Crippen LogP contribution in [0.3, 0.4) is 0 Å². The van der Waals surface area contributed by atoms with Gasteiger partial charge in [0.15, 0.2) is 0 Å². The number of carbonyl (C=O) groups excluding carboxylic acids is 1. The van der Waals surface area contributed by atoms with Crippen molar-refractivity contribution in [1.29, 1.82) is 0 Å². The topological polar surface area (TPSA) is 85.7 Å². The molecular formula is C31H40Cl2FN7O2. The second-order valence-corrected chi connectivity index (χ2v) is 12.1. The third kappa shape index (κ3) is 10.3. The number of allylic oxidation sites excluding steroid dienone is 1. The Labute approximate surface area is 263 Å². The van der Waals surface area contributed by atoms with E-state index in [0.29, 0.717) is 65.4 Å². The molecule has 232 valence electrons. The molecule has 1 unspecified atom stereocenters. The fraction of sp³-hybridized carbons (Fsp3) is 0.484. The number of nitrogens with one attached hydrogen (secondary N) is 1. The Balaban J connectivity index is 1.53. The maximum atomic E-state index is 14.4. The number of guanidine groups is 1. The van der Waals surface area contributed by atoms with Crippen molar-refractivity contribution in [3.05, 3.63) is 57.9 Å². The van der Waals surface area contributed by atoms with Gasteiger partial charge in [-0.15, -0.1) is 0 Å². The molecule has 0 saturated carbocycles. The summed E-state index contributed by atoms with van der Waals surface area (Å²) in [5.74, 6) is 1.73. The highest BCUT2D eigenvalue weighted by Crippen LogP contribution is 2.30. The fourth-order valence-electron chi connectivity index (χ4n) is 5.30. The summed E-state index contributed by atoms with van der Waals surface area (Å²) in [5, 5.41) is 3.97. The Hall–Kier alpha value is -3.05. The van der Waals surface area contributed by atoms with Crippen molar-refractivity contribution >= 4 is 41.8 Å². The van der Waals surface area contributed by atoms with Gasteiger partial charge in [0.25, 0.3) is 0 Å². The first-order valence-corrected chi connectivity index (χ1v) is 15.2. The average Bonchev–Trinajstić information content (AvgIpc) is 3.12. The van der Waals surface area contributed by atoms with Crippen molar-refractivity contribution in [1.82, 2.24) is 25.0 Å². The van der Waals surface area contributed by atoms with E-state index in [1.807, 2.05) is 36.2 Å². The SMILES string of the molecule is C=NC(=N/C=C(\C)Oc1cc(CN2CCC(CNC(C)=O)CC2)cc(-c2cc(Cl)cc(Cl)c2)n1)N1CCN(C)CC(F)C1. The van der Waals surface area contributed by atoms with Crippen LogP contribution in [-0.4, -0.2) is 97.3 Å². The van der Waals surface area contributed by atoms with Gasteiger partial charge in [-0.05, 0) is 82.4 Å². The molecule has 0 radical (unpaired) electrons. The van der Waals surface area contributed by atoms with Crippen LogP contribution in [0.5, 0.6) is 5.88 Å². The average molecular weight is 633 g/mol. The highest BCUT2D eigenvalue weighted by Gasteiger charge is 2.23. The Morgan fingerprint density at radius 1 is 1.12 bits per heavy atom. The van der Waals surface area contributed by atoms with Crippen LogP contribution in [0, 0.1) is 5.92 Å². The molecule has 1 N–H and O–H groups in total. The van der Waals surface area contributed by atoms with E-state index in [1.165, 1.54) is 0 Å². The van der Waals surface area contributed by atoms with Crippen molar-refractivity contribution in [2.24, 2.45) is 15.9 Å². The van der Waals surface area contributed by atoms with Gasteiger partial charge in [-0.3, -0.25) is 9.69 Å². The van der Waals surface area contributed by atoms with Gasteiger partial charge in [-0.25, -0.2) is 19.4 Å². The second kappa shape index (κ2) is 15.6. The van der Waals surface area contributed by atoms with E-state index in [2.05, 4.69) is 26.9 Å². The second-order valence-electron chi connectivity index (χ2n) is 11.2. The summed E-state index contributed by atoms with van der Waals surface area (Å²) in [6.07, 6.45) is 2.58. The quantitative estimate of drug-likeness (QED) is 0.242. The number of nitrogens with zero attached hydrogens (tertiary/aromatic N) is 6. The number of benzene rings is 1. The van der Waals surface area contributed by atoms with E-state index < -0.39 is 6.17 Å². The van der Waals surface area contributed by atoms with Gasteiger partial charge in [0.05, 0.1) is 18.4 Å². The van der Waals surface area contributed by atoms with Gasteiger partial charge < -0.3 is 19.9 Å². The first kappa shape index (κ1) is 32.9. The third-order valence-electron chi connectivity index (χ3n) is 7.50. The lowest BCUT2D eigenvalue weighted by molar-refractivity contribution is -0.119. The summed E-state index contributed by atoms with van der Waals surface area (Å²) in [7, 11) is 1.90. The van der Waals surface area contributed by atoms with Gasteiger partial charge in [0.1, 0.15) is 11.9 Å².